The largest absolute Gasteiger partial charge is 0.462 e. The number of hydrogen-bond acceptors (Lipinski definition) is 7. The molecule has 1 aliphatic heterocycles. The molecular weight excluding hydrogens is 477 g/mol. The zero-order valence-electron chi connectivity index (χ0n) is 15.1. The minimum atomic E-state index is -1.29. The first-order valence-corrected chi connectivity index (χ1v) is 10.1. The maximum atomic E-state index is 11.9. The van der Waals surface area contributed by atoms with E-state index < -0.39 is 36.6 Å². The SMILES string of the molecule is CC(C)[C@@H](N)C(=O)OCC1OC(n2c(Br)nc3cc(Cl)c(Cl)cc32)C(O)C1O. The van der Waals surface area contributed by atoms with Gasteiger partial charge in [0.25, 0.3) is 0 Å². The number of hydrogen-bond donors (Lipinski definition) is 3. The van der Waals surface area contributed by atoms with Gasteiger partial charge in [0.1, 0.15) is 31.0 Å². The highest BCUT2D eigenvalue weighted by Gasteiger charge is 2.45. The minimum absolute atomic E-state index is 0.0925. The van der Waals surface area contributed by atoms with E-state index in [1.54, 1.807) is 30.5 Å². The van der Waals surface area contributed by atoms with Crippen LogP contribution in [0.3, 0.4) is 0 Å². The van der Waals surface area contributed by atoms with Gasteiger partial charge in [0, 0.05) is 0 Å². The van der Waals surface area contributed by atoms with Crippen molar-refractivity contribution in [3.63, 3.8) is 0 Å². The van der Waals surface area contributed by atoms with Gasteiger partial charge < -0.3 is 25.4 Å². The van der Waals surface area contributed by atoms with Crippen LogP contribution in [0.2, 0.25) is 10.0 Å². The van der Waals surface area contributed by atoms with Gasteiger partial charge in [-0.1, -0.05) is 37.0 Å². The van der Waals surface area contributed by atoms with Gasteiger partial charge >= 0.3 is 5.97 Å². The molecule has 1 saturated heterocycles. The van der Waals surface area contributed by atoms with E-state index in [2.05, 4.69) is 20.9 Å². The van der Waals surface area contributed by atoms with Crippen LogP contribution < -0.4 is 5.73 Å². The molecule has 1 aromatic carbocycles. The van der Waals surface area contributed by atoms with Crippen molar-refractivity contribution in [2.75, 3.05) is 6.61 Å². The number of carbonyl (C=O) groups is 1. The number of aromatic nitrogens is 2. The number of fused-ring (bicyclic) bond motifs is 1. The number of halogens is 3. The van der Waals surface area contributed by atoms with Gasteiger partial charge in [0.15, 0.2) is 11.0 Å². The summed E-state index contributed by atoms with van der Waals surface area (Å²) in [5, 5.41) is 21.5. The number of nitrogens with zero attached hydrogens (tertiary/aromatic N) is 2. The fraction of sp³-hybridized carbons (Fsp3) is 0.529. The van der Waals surface area contributed by atoms with Crippen molar-refractivity contribution in [2.45, 2.75) is 44.4 Å². The number of nitrogens with two attached hydrogens (primary N) is 1. The second-order valence-corrected chi connectivity index (χ2v) is 8.48. The number of esters is 1. The molecule has 0 saturated carbocycles. The lowest BCUT2D eigenvalue weighted by molar-refractivity contribution is -0.152. The van der Waals surface area contributed by atoms with E-state index in [0.29, 0.717) is 25.8 Å². The number of carbonyl (C=O) groups excluding carboxylic acids is 1. The Labute approximate surface area is 179 Å². The van der Waals surface area contributed by atoms with Crippen LogP contribution in [0.4, 0.5) is 0 Å². The summed E-state index contributed by atoms with van der Waals surface area (Å²) in [5.41, 5.74) is 6.84. The van der Waals surface area contributed by atoms with E-state index in [1.807, 2.05) is 0 Å². The molecular formula is C17H20BrCl2N3O5. The highest BCUT2D eigenvalue weighted by molar-refractivity contribution is 9.10. The predicted molar refractivity (Wildman–Crippen MR) is 107 cm³/mol. The third kappa shape index (κ3) is 4.02. The molecule has 4 unspecified atom stereocenters. The molecule has 1 fully saturated rings. The summed E-state index contributed by atoms with van der Waals surface area (Å²) in [7, 11) is 0. The topological polar surface area (TPSA) is 120 Å². The molecule has 3 rings (SSSR count). The summed E-state index contributed by atoms with van der Waals surface area (Å²) in [6.45, 7) is 3.35. The van der Waals surface area contributed by atoms with Crippen molar-refractivity contribution in [1.82, 2.24) is 9.55 Å². The molecule has 11 heteroatoms. The second kappa shape index (κ2) is 8.43. The number of ether oxygens (including phenoxy) is 2. The van der Waals surface area contributed by atoms with Crippen LogP contribution in [-0.2, 0) is 14.3 Å². The van der Waals surface area contributed by atoms with Gasteiger partial charge in [0.05, 0.1) is 21.1 Å². The van der Waals surface area contributed by atoms with Gasteiger partial charge in [-0.05, 0) is 34.0 Å². The minimum Gasteiger partial charge on any atom is -0.462 e. The monoisotopic (exact) mass is 495 g/mol. The quantitative estimate of drug-likeness (QED) is 0.543. The maximum absolute atomic E-state index is 11.9. The van der Waals surface area contributed by atoms with E-state index in [-0.39, 0.29) is 12.5 Å². The van der Waals surface area contributed by atoms with Crippen molar-refractivity contribution >= 4 is 56.1 Å². The van der Waals surface area contributed by atoms with Crippen LogP contribution in [0.5, 0.6) is 0 Å². The molecule has 8 nitrogen and oxygen atoms in total. The van der Waals surface area contributed by atoms with Gasteiger partial charge in [-0.15, -0.1) is 0 Å². The van der Waals surface area contributed by atoms with Crippen LogP contribution in [0.15, 0.2) is 16.9 Å². The Balaban J connectivity index is 1.81. The van der Waals surface area contributed by atoms with Gasteiger partial charge in [-0.3, -0.25) is 9.36 Å². The lowest BCUT2D eigenvalue weighted by Gasteiger charge is -2.19. The molecule has 4 N–H and O–H groups in total. The van der Waals surface area contributed by atoms with Crippen molar-refractivity contribution in [3.05, 3.63) is 26.9 Å². The fourth-order valence-electron chi connectivity index (χ4n) is 2.92. The average Bonchev–Trinajstić information content (AvgIpc) is 3.09. The van der Waals surface area contributed by atoms with Crippen LogP contribution in [-0.4, -0.2) is 56.7 Å². The summed E-state index contributed by atoms with van der Waals surface area (Å²) in [4.78, 5) is 16.3. The van der Waals surface area contributed by atoms with Crippen molar-refractivity contribution in [1.29, 1.82) is 0 Å². The number of rotatable bonds is 5. The molecule has 28 heavy (non-hydrogen) atoms. The van der Waals surface area contributed by atoms with E-state index >= 15 is 0 Å². The number of benzene rings is 1. The zero-order chi connectivity index (χ0) is 20.7. The molecule has 154 valence electrons. The summed E-state index contributed by atoms with van der Waals surface area (Å²) in [6, 6.07) is 2.40. The van der Waals surface area contributed by atoms with E-state index in [0.717, 1.165) is 0 Å². The number of aliphatic hydroxyl groups excluding tert-OH is 2. The maximum Gasteiger partial charge on any atom is 0.323 e. The van der Waals surface area contributed by atoms with E-state index in [1.165, 1.54) is 0 Å². The van der Waals surface area contributed by atoms with Gasteiger partial charge in [-0.25, -0.2) is 4.98 Å². The molecule has 1 aliphatic rings. The highest BCUT2D eigenvalue weighted by Crippen LogP contribution is 2.37. The fourth-order valence-corrected chi connectivity index (χ4v) is 3.82. The summed E-state index contributed by atoms with van der Waals surface area (Å²) in [6.07, 6.45) is -4.48. The number of aliphatic hydroxyl groups is 2. The Morgan fingerprint density at radius 1 is 1.36 bits per heavy atom. The van der Waals surface area contributed by atoms with Crippen LogP contribution >= 0.6 is 39.1 Å². The third-order valence-corrected chi connectivity index (χ3v) is 5.94. The average molecular weight is 497 g/mol. The molecule has 0 radical (unpaired) electrons. The zero-order valence-corrected chi connectivity index (χ0v) is 18.1. The van der Waals surface area contributed by atoms with E-state index in [9.17, 15) is 15.0 Å². The molecule has 0 bridgehead atoms. The van der Waals surface area contributed by atoms with Crippen LogP contribution in [0, 0.1) is 5.92 Å². The Hall–Kier alpha value is -0.940. The van der Waals surface area contributed by atoms with Crippen molar-refractivity contribution in [3.8, 4) is 0 Å². The molecule has 5 atom stereocenters. The molecule has 0 spiro atoms. The predicted octanol–water partition coefficient (Wildman–Crippen LogP) is 2.25. The summed E-state index contributed by atoms with van der Waals surface area (Å²) in [5.74, 6) is -0.690. The first-order valence-electron chi connectivity index (χ1n) is 8.58. The lowest BCUT2D eigenvalue weighted by Crippen LogP contribution is -2.40. The Kier molecular flexibility index (Phi) is 6.55. The van der Waals surface area contributed by atoms with Crippen molar-refractivity contribution in [2.24, 2.45) is 11.7 Å². The first kappa shape index (κ1) is 21.8. The van der Waals surface area contributed by atoms with Gasteiger partial charge in [-0.2, -0.15) is 0 Å². The third-order valence-electron chi connectivity index (χ3n) is 4.66. The van der Waals surface area contributed by atoms with Crippen LogP contribution in [0.1, 0.15) is 20.1 Å². The summed E-state index contributed by atoms with van der Waals surface area (Å²) < 4.78 is 12.8. The smallest absolute Gasteiger partial charge is 0.323 e. The molecule has 1 aromatic heterocycles. The van der Waals surface area contributed by atoms with E-state index in [4.69, 9.17) is 38.4 Å². The second-order valence-electron chi connectivity index (χ2n) is 6.95. The lowest BCUT2D eigenvalue weighted by atomic mass is 10.1. The molecule has 2 heterocycles. The number of imidazole rings is 1. The van der Waals surface area contributed by atoms with Crippen molar-refractivity contribution < 1.29 is 24.5 Å². The Morgan fingerprint density at radius 2 is 2.00 bits per heavy atom. The first-order chi connectivity index (χ1) is 13.1. The summed E-state index contributed by atoms with van der Waals surface area (Å²) >= 11 is 15.4. The van der Waals surface area contributed by atoms with Gasteiger partial charge in [0.2, 0.25) is 0 Å². The Morgan fingerprint density at radius 3 is 2.64 bits per heavy atom. The molecule has 0 amide bonds. The standard InChI is InChI=1S/C17H20BrCl2N3O5/c1-6(2)12(21)16(26)27-5-11-13(24)14(25)15(28-11)23-10-4-8(20)7(19)3-9(10)22-17(23)18/h3-4,6,11-15,24-25H,5,21H2,1-2H3/t11?,12-,13?,14?,15?/m1/s1. The normalized spacial score (nSPS) is 26.2. The Bertz CT molecular complexity index is 893. The molecule has 0 aliphatic carbocycles. The molecule has 2 aromatic rings. The van der Waals surface area contributed by atoms with Crippen LogP contribution in [0.25, 0.3) is 11.0 Å². The highest BCUT2D eigenvalue weighted by atomic mass is 79.9.